The van der Waals surface area contributed by atoms with Crippen molar-refractivity contribution < 1.29 is 36.6 Å². The molecule has 1 aromatic heterocycles. The normalized spacial score (nSPS) is 11.0. The Bertz CT molecular complexity index is 1210. The molecular formula is C22H21NO8S. The molecule has 0 saturated heterocycles. The lowest BCUT2D eigenvalue weighted by Gasteiger charge is -2.21. The molecule has 0 aliphatic rings. The second-order valence-corrected chi connectivity index (χ2v) is 8.46. The third-order valence-electron chi connectivity index (χ3n) is 4.66. The predicted octanol–water partition coefficient (Wildman–Crippen LogP) is 3.26. The number of carbonyl (C=O) groups is 2. The first-order valence-electron chi connectivity index (χ1n) is 9.33. The van der Waals surface area contributed by atoms with E-state index in [0.29, 0.717) is 11.4 Å². The lowest BCUT2D eigenvalue weighted by Crippen LogP contribution is -2.27. The summed E-state index contributed by atoms with van der Waals surface area (Å²) in [5.74, 6) is -0.774. The SMILES string of the molecule is COC(=O)c1ccoc1COC(=O)c1ccc(S(=O)(=O)N(C)c2ccccc2OC)cc1. The Balaban J connectivity index is 1.73. The second-order valence-electron chi connectivity index (χ2n) is 6.49. The molecule has 2 aromatic carbocycles. The molecule has 0 atom stereocenters. The fraction of sp³-hybridized carbons (Fsp3) is 0.182. The number of benzene rings is 2. The number of hydrogen-bond acceptors (Lipinski definition) is 8. The molecule has 0 spiro atoms. The van der Waals surface area contributed by atoms with Crippen molar-refractivity contribution in [3.8, 4) is 5.75 Å². The van der Waals surface area contributed by atoms with Crippen molar-refractivity contribution in [2.24, 2.45) is 0 Å². The van der Waals surface area contributed by atoms with Crippen LogP contribution in [0.15, 0.2) is 70.2 Å². The van der Waals surface area contributed by atoms with Gasteiger partial charge in [-0.05, 0) is 42.5 Å². The highest BCUT2D eigenvalue weighted by Crippen LogP contribution is 2.30. The molecule has 0 aliphatic heterocycles. The van der Waals surface area contributed by atoms with E-state index in [1.54, 1.807) is 24.3 Å². The van der Waals surface area contributed by atoms with Crippen LogP contribution in [0.25, 0.3) is 0 Å². The number of para-hydroxylation sites is 2. The summed E-state index contributed by atoms with van der Waals surface area (Å²) in [7, 11) is 0.199. The topological polar surface area (TPSA) is 112 Å². The fourth-order valence-electron chi connectivity index (χ4n) is 2.90. The van der Waals surface area contributed by atoms with Crippen molar-refractivity contribution in [2.75, 3.05) is 25.6 Å². The average Bonchev–Trinajstić information content (AvgIpc) is 3.30. The quantitative estimate of drug-likeness (QED) is 0.472. The Kier molecular flexibility index (Phi) is 6.84. The first-order chi connectivity index (χ1) is 15.3. The number of methoxy groups -OCH3 is 2. The number of nitrogens with zero attached hydrogens (tertiary/aromatic N) is 1. The number of ether oxygens (including phenoxy) is 3. The highest BCUT2D eigenvalue weighted by Gasteiger charge is 2.24. The number of hydrogen-bond donors (Lipinski definition) is 0. The molecule has 10 heteroatoms. The lowest BCUT2D eigenvalue weighted by molar-refractivity contribution is 0.0432. The summed E-state index contributed by atoms with van der Waals surface area (Å²) in [6.07, 6.45) is 1.29. The number of furan rings is 1. The Labute approximate surface area is 185 Å². The van der Waals surface area contributed by atoms with E-state index in [1.165, 1.54) is 57.9 Å². The van der Waals surface area contributed by atoms with Crippen LogP contribution < -0.4 is 9.04 Å². The van der Waals surface area contributed by atoms with Crippen LogP contribution in [0.5, 0.6) is 5.75 Å². The molecule has 9 nitrogen and oxygen atoms in total. The van der Waals surface area contributed by atoms with Crippen LogP contribution in [0.3, 0.4) is 0 Å². The summed E-state index contributed by atoms with van der Waals surface area (Å²) in [5.41, 5.74) is 0.662. The Morgan fingerprint density at radius 1 is 0.969 bits per heavy atom. The van der Waals surface area contributed by atoms with Crippen LogP contribution in [0.4, 0.5) is 5.69 Å². The van der Waals surface area contributed by atoms with Gasteiger partial charge >= 0.3 is 11.9 Å². The van der Waals surface area contributed by atoms with Crippen LogP contribution in [-0.4, -0.2) is 41.6 Å². The van der Waals surface area contributed by atoms with Gasteiger partial charge in [0.1, 0.15) is 11.3 Å². The number of carbonyl (C=O) groups excluding carboxylic acids is 2. The van der Waals surface area contributed by atoms with Gasteiger partial charge in [0.25, 0.3) is 10.0 Å². The van der Waals surface area contributed by atoms with Gasteiger partial charge in [0.15, 0.2) is 12.4 Å². The maximum atomic E-state index is 13.0. The van der Waals surface area contributed by atoms with Gasteiger partial charge in [-0.3, -0.25) is 4.31 Å². The van der Waals surface area contributed by atoms with Crippen LogP contribution >= 0.6 is 0 Å². The van der Waals surface area contributed by atoms with E-state index in [-0.39, 0.29) is 28.4 Å². The van der Waals surface area contributed by atoms with Crippen molar-refractivity contribution in [2.45, 2.75) is 11.5 Å². The standard InChI is InChI=1S/C22H21NO8S/c1-23(18-6-4-5-7-19(18)28-2)32(26,27)16-10-8-15(9-11-16)21(24)31-14-20-17(12-13-30-20)22(25)29-3/h4-13H,14H2,1-3H3. The summed E-state index contributed by atoms with van der Waals surface area (Å²) in [6.45, 7) is -0.285. The second kappa shape index (κ2) is 9.56. The minimum absolute atomic E-state index is 0.0125. The van der Waals surface area contributed by atoms with Gasteiger partial charge in [-0.2, -0.15) is 0 Å². The molecule has 1 heterocycles. The molecule has 168 valence electrons. The molecule has 0 radical (unpaired) electrons. The van der Waals surface area contributed by atoms with Crippen LogP contribution in [0.1, 0.15) is 26.5 Å². The van der Waals surface area contributed by atoms with Gasteiger partial charge in [-0.25, -0.2) is 18.0 Å². The van der Waals surface area contributed by atoms with Crippen LogP contribution in [0.2, 0.25) is 0 Å². The van der Waals surface area contributed by atoms with Gasteiger partial charge in [-0.15, -0.1) is 0 Å². The first-order valence-corrected chi connectivity index (χ1v) is 10.8. The van der Waals surface area contributed by atoms with E-state index in [9.17, 15) is 18.0 Å². The third-order valence-corrected chi connectivity index (χ3v) is 6.44. The van der Waals surface area contributed by atoms with Crippen molar-refractivity contribution in [1.82, 2.24) is 0 Å². The smallest absolute Gasteiger partial charge is 0.341 e. The summed E-state index contributed by atoms with van der Waals surface area (Å²) in [5, 5.41) is 0. The van der Waals surface area contributed by atoms with Crippen molar-refractivity contribution in [1.29, 1.82) is 0 Å². The predicted molar refractivity (Wildman–Crippen MR) is 114 cm³/mol. The lowest BCUT2D eigenvalue weighted by atomic mass is 10.2. The maximum Gasteiger partial charge on any atom is 0.341 e. The summed E-state index contributed by atoms with van der Waals surface area (Å²) in [6, 6.07) is 13.4. The molecular weight excluding hydrogens is 438 g/mol. The van der Waals surface area contributed by atoms with Crippen molar-refractivity contribution in [3.63, 3.8) is 0 Å². The molecule has 32 heavy (non-hydrogen) atoms. The maximum absolute atomic E-state index is 13.0. The number of rotatable bonds is 8. The highest BCUT2D eigenvalue weighted by atomic mass is 32.2. The molecule has 0 bridgehead atoms. The third kappa shape index (κ3) is 4.59. The average molecular weight is 459 g/mol. The zero-order chi connectivity index (χ0) is 23.3. The molecule has 0 aliphatic carbocycles. The monoisotopic (exact) mass is 459 g/mol. The Morgan fingerprint density at radius 2 is 1.66 bits per heavy atom. The Hall–Kier alpha value is -3.79. The van der Waals surface area contributed by atoms with Gasteiger partial charge in [0.2, 0.25) is 0 Å². The van der Waals surface area contributed by atoms with E-state index in [2.05, 4.69) is 4.74 Å². The van der Waals surface area contributed by atoms with E-state index >= 15 is 0 Å². The largest absolute Gasteiger partial charge is 0.495 e. The van der Waals surface area contributed by atoms with E-state index in [4.69, 9.17) is 13.9 Å². The van der Waals surface area contributed by atoms with Crippen LogP contribution in [-0.2, 0) is 26.1 Å². The minimum Gasteiger partial charge on any atom is -0.495 e. The van der Waals surface area contributed by atoms with Gasteiger partial charge in [0.05, 0.1) is 36.6 Å². The molecule has 0 fully saturated rings. The fourth-order valence-corrected chi connectivity index (χ4v) is 4.11. The van der Waals surface area contributed by atoms with E-state index in [1.807, 2.05) is 0 Å². The van der Waals surface area contributed by atoms with Crippen LogP contribution in [0, 0.1) is 0 Å². The Morgan fingerprint density at radius 3 is 2.31 bits per heavy atom. The van der Waals surface area contributed by atoms with Gasteiger partial charge in [-0.1, -0.05) is 12.1 Å². The zero-order valence-corrected chi connectivity index (χ0v) is 18.4. The zero-order valence-electron chi connectivity index (χ0n) is 17.6. The summed E-state index contributed by atoms with van der Waals surface area (Å²) < 4.78 is 47.3. The molecule has 0 saturated carbocycles. The van der Waals surface area contributed by atoms with E-state index in [0.717, 1.165) is 4.31 Å². The number of anilines is 1. The highest BCUT2D eigenvalue weighted by molar-refractivity contribution is 7.92. The van der Waals surface area contributed by atoms with Crippen molar-refractivity contribution >= 4 is 27.6 Å². The van der Waals surface area contributed by atoms with E-state index < -0.39 is 22.0 Å². The minimum atomic E-state index is -3.90. The molecule has 3 aromatic rings. The van der Waals surface area contributed by atoms with Gasteiger partial charge < -0.3 is 18.6 Å². The molecule has 0 N–H and O–H groups in total. The van der Waals surface area contributed by atoms with Crippen molar-refractivity contribution in [3.05, 3.63) is 77.7 Å². The molecule has 0 unspecified atom stereocenters. The molecule has 3 rings (SSSR count). The first kappa shape index (κ1) is 22.9. The number of sulfonamides is 1. The summed E-state index contributed by atoms with van der Waals surface area (Å²) in [4.78, 5) is 24.0. The summed E-state index contributed by atoms with van der Waals surface area (Å²) >= 11 is 0. The molecule has 0 amide bonds. The number of esters is 2. The van der Waals surface area contributed by atoms with Gasteiger partial charge in [0, 0.05) is 7.05 Å².